The third kappa shape index (κ3) is 3.37. The standard InChI is InChI=1S/C15H20N4O3S/c1-17-10-16-19(15(17)22)9-14(21)18-6-2-4-11(18)8-12(20)13-5-3-7-23-13/h3,5,7,10-12,20H,2,4,6,8-9H2,1H3/t11-,12+/m1/s1. The van der Waals surface area contributed by atoms with Crippen molar-refractivity contribution in [2.24, 2.45) is 7.05 Å². The molecule has 1 fully saturated rings. The normalized spacial score (nSPS) is 19.2. The number of carbonyl (C=O) groups excluding carboxylic acids is 1. The van der Waals surface area contributed by atoms with Crippen molar-refractivity contribution in [1.82, 2.24) is 19.2 Å². The largest absolute Gasteiger partial charge is 0.387 e. The predicted molar refractivity (Wildman–Crippen MR) is 86.1 cm³/mol. The van der Waals surface area contributed by atoms with Crippen LogP contribution < -0.4 is 5.69 Å². The molecule has 0 bridgehead atoms. The zero-order valence-electron chi connectivity index (χ0n) is 13.0. The van der Waals surface area contributed by atoms with Crippen LogP contribution in [0.15, 0.2) is 28.6 Å². The number of aromatic nitrogens is 3. The average molecular weight is 336 g/mol. The van der Waals surface area contributed by atoms with Crippen molar-refractivity contribution in [1.29, 1.82) is 0 Å². The van der Waals surface area contributed by atoms with Crippen LogP contribution in [0.1, 0.15) is 30.2 Å². The minimum absolute atomic E-state index is 0.0130. The lowest BCUT2D eigenvalue weighted by Crippen LogP contribution is -2.40. The second-order valence-electron chi connectivity index (χ2n) is 5.83. The van der Waals surface area contributed by atoms with E-state index >= 15 is 0 Å². The summed E-state index contributed by atoms with van der Waals surface area (Å²) in [5.41, 5.74) is -0.298. The van der Waals surface area contributed by atoms with Gasteiger partial charge in [-0.05, 0) is 30.7 Å². The number of rotatable bonds is 5. The molecule has 1 aliphatic rings. The van der Waals surface area contributed by atoms with Crippen molar-refractivity contribution in [3.8, 4) is 0 Å². The Hall–Kier alpha value is -1.93. The van der Waals surface area contributed by atoms with Gasteiger partial charge in [-0.3, -0.25) is 9.36 Å². The molecule has 0 saturated carbocycles. The quantitative estimate of drug-likeness (QED) is 0.874. The topological polar surface area (TPSA) is 80.4 Å². The number of aliphatic hydroxyl groups excluding tert-OH is 1. The molecule has 2 aromatic rings. The van der Waals surface area contributed by atoms with Crippen molar-refractivity contribution in [2.75, 3.05) is 6.54 Å². The van der Waals surface area contributed by atoms with Gasteiger partial charge in [0.2, 0.25) is 5.91 Å². The maximum absolute atomic E-state index is 12.5. The van der Waals surface area contributed by atoms with Gasteiger partial charge in [-0.25, -0.2) is 9.48 Å². The van der Waals surface area contributed by atoms with E-state index in [4.69, 9.17) is 0 Å². The van der Waals surface area contributed by atoms with Crippen molar-refractivity contribution in [2.45, 2.75) is 38.0 Å². The number of thiophene rings is 1. The van der Waals surface area contributed by atoms with E-state index < -0.39 is 6.10 Å². The lowest BCUT2D eigenvalue weighted by atomic mass is 10.1. The molecule has 8 heteroatoms. The first kappa shape index (κ1) is 15.9. The summed E-state index contributed by atoms with van der Waals surface area (Å²) >= 11 is 1.52. The van der Waals surface area contributed by atoms with Crippen LogP contribution in [-0.4, -0.2) is 42.8 Å². The SMILES string of the molecule is Cn1cnn(CC(=O)N2CCC[C@@H]2C[C@H](O)c2cccs2)c1=O. The van der Waals surface area contributed by atoms with Gasteiger partial charge in [-0.15, -0.1) is 11.3 Å². The fraction of sp³-hybridized carbons (Fsp3) is 0.533. The molecule has 2 aromatic heterocycles. The van der Waals surface area contributed by atoms with Crippen molar-refractivity contribution in [3.63, 3.8) is 0 Å². The molecule has 124 valence electrons. The summed E-state index contributed by atoms with van der Waals surface area (Å²) in [5.74, 6) is -0.119. The second-order valence-corrected chi connectivity index (χ2v) is 6.81. The second kappa shape index (κ2) is 6.67. The Bertz CT molecular complexity index is 721. The summed E-state index contributed by atoms with van der Waals surface area (Å²) in [6.45, 7) is 0.619. The number of amides is 1. The van der Waals surface area contributed by atoms with Gasteiger partial charge in [0.05, 0.1) is 6.10 Å². The Labute approximate surface area is 137 Å². The molecule has 2 atom stereocenters. The van der Waals surface area contributed by atoms with E-state index in [1.54, 1.807) is 11.9 Å². The van der Waals surface area contributed by atoms with E-state index in [2.05, 4.69) is 5.10 Å². The molecule has 3 rings (SSSR count). The highest BCUT2D eigenvalue weighted by molar-refractivity contribution is 7.10. The third-order valence-electron chi connectivity index (χ3n) is 4.24. The Kier molecular flexibility index (Phi) is 4.63. The van der Waals surface area contributed by atoms with Gasteiger partial charge in [0.1, 0.15) is 12.9 Å². The number of hydrogen-bond donors (Lipinski definition) is 1. The molecule has 3 heterocycles. The van der Waals surface area contributed by atoms with Crippen LogP contribution in [-0.2, 0) is 18.4 Å². The molecule has 0 radical (unpaired) electrons. The van der Waals surface area contributed by atoms with E-state index in [1.165, 1.54) is 26.9 Å². The van der Waals surface area contributed by atoms with Crippen LogP contribution >= 0.6 is 11.3 Å². The monoisotopic (exact) mass is 336 g/mol. The first-order valence-electron chi connectivity index (χ1n) is 7.65. The molecule has 23 heavy (non-hydrogen) atoms. The number of carbonyl (C=O) groups is 1. The predicted octanol–water partition coefficient (Wildman–Crippen LogP) is 0.758. The first-order valence-corrected chi connectivity index (χ1v) is 8.53. The van der Waals surface area contributed by atoms with Gasteiger partial charge in [0.15, 0.2) is 0 Å². The highest BCUT2D eigenvalue weighted by Gasteiger charge is 2.31. The Balaban J connectivity index is 1.65. The van der Waals surface area contributed by atoms with Crippen LogP contribution in [0.4, 0.5) is 0 Å². The minimum atomic E-state index is -0.550. The smallest absolute Gasteiger partial charge is 0.345 e. The molecule has 1 saturated heterocycles. The Morgan fingerprint density at radius 1 is 1.57 bits per heavy atom. The molecule has 0 aromatic carbocycles. The minimum Gasteiger partial charge on any atom is -0.387 e. The molecule has 7 nitrogen and oxygen atoms in total. The summed E-state index contributed by atoms with van der Waals surface area (Å²) in [7, 11) is 1.60. The molecule has 1 amide bonds. The highest BCUT2D eigenvalue weighted by atomic mass is 32.1. The van der Waals surface area contributed by atoms with E-state index in [0.29, 0.717) is 13.0 Å². The van der Waals surface area contributed by atoms with Crippen LogP contribution in [0.25, 0.3) is 0 Å². The molecule has 0 unspecified atom stereocenters. The molecular formula is C15H20N4O3S. The lowest BCUT2D eigenvalue weighted by molar-refractivity contribution is -0.133. The fourth-order valence-corrected chi connectivity index (χ4v) is 3.74. The number of nitrogens with zero attached hydrogens (tertiary/aromatic N) is 4. The summed E-state index contributed by atoms with van der Waals surface area (Å²) in [6, 6.07) is 3.83. The van der Waals surface area contributed by atoms with Crippen LogP contribution in [0.2, 0.25) is 0 Å². The number of aryl methyl sites for hydroxylation is 1. The lowest BCUT2D eigenvalue weighted by Gasteiger charge is -2.26. The summed E-state index contributed by atoms with van der Waals surface area (Å²) in [5, 5.41) is 16.2. The molecule has 0 aliphatic carbocycles. The molecule has 1 N–H and O–H groups in total. The van der Waals surface area contributed by atoms with Crippen molar-refractivity contribution in [3.05, 3.63) is 39.2 Å². The van der Waals surface area contributed by atoms with Gasteiger partial charge < -0.3 is 10.0 Å². The van der Waals surface area contributed by atoms with Gasteiger partial charge in [-0.2, -0.15) is 5.10 Å². The number of hydrogen-bond acceptors (Lipinski definition) is 5. The maximum Gasteiger partial charge on any atom is 0.345 e. The third-order valence-corrected chi connectivity index (χ3v) is 5.21. The van der Waals surface area contributed by atoms with E-state index in [0.717, 1.165) is 17.7 Å². The van der Waals surface area contributed by atoms with E-state index in [-0.39, 0.29) is 24.2 Å². The first-order chi connectivity index (χ1) is 11.1. The highest BCUT2D eigenvalue weighted by Crippen LogP contribution is 2.29. The van der Waals surface area contributed by atoms with Crippen LogP contribution in [0.5, 0.6) is 0 Å². The summed E-state index contributed by atoms with van der Waals surface area (Å²) < 4.78 is 2.52. The number of aliphatic hydroxyl groups is 1. The summed E-state index contributed by atoms with van der Waals surface area (Å²) in [4.78, 5) is 27.0. The van der Waals surface area contributed by atoms with Gasteiger partial charge in [0, 0.05) is 24.5 Å². The van der Waals surface area contributed by atoms with Crippen molar-refractivity contribution >= 4 is 17.2 Å². The van der Waals surface area contributed by atoms with Crippen LogP contribution in [0.3, 0.4) is 0 Å². The summed E-state index contributed by atoms with van der Waals surface area (Å²) in [6.07, 6.45) is 3.18. The Morgan fingerprint density at radius 2 is 2.39 bits per heavy atom. The average Bonchev–Trinajstić information content (AvgIpc) is 3.25. The van der Waals surface area contributed by atoms with Gasteiger partial charge in [0.25, 0.3) is 0 Å². The molecule has 0 spiro atoms. The van der Waals surface area contributed by atoms with E-state index in [1.807, 2.05) is 17.5 Å². The molecular weight excluding hydrogens is 316 g/mol. The van der Waals surface area contributed by atoms with E-state index in [9.17, 15) is 14.7 Å². The number of likely N-dealkylation sites (tertiary alicyclic amines) is 1. The molecule has 1 aliphatic heterocycles. The van der Waals surface area contributed by atoms with Gasteiger partial charge >= 0.3 is 5.69 Å². The maximum atomic E-state index is 12.5. The fourth-order valence-electron chi connectivity index (χ4n) is 3.01. The zero-order valence-corrected chi connectivity index (χ0v) is 13.8. The van der Waals surface area contributed by atoms with Gasteiger partial charge in [-0.1, -0.05) is 6.07 Å². The van der Waals surface area contributed by atoms with Crippen LogP contribution in [0, 0.1) is 0 Å². The zero-order chi connectivity index (χ0) is 16.4. The van der Waals surface area contributed by atoms with Crippen molar-refractivity contribution < 1.29 is 9.90 Å². The Morgan fingerprint density at radius 3 is 3.04 bits per heavy atom.